The Morgan fingerprint density at radius 3 is 2.50 bits per heavy atom. The monoisotopic (exact) mass is 209 g/mol. The number of hydrogen-bond donors (Lipinski definition) is 0. The van der Waals surface area contributed by atoms with Gasteiger partial charge in [-0.25, -0.2) is 8.42 Å². The van der Waals surface area contributed by atoms with Gasteiger partial charge < -0.3 is 0 Å². The highest BCUT2D eigenvalue weighted by atomic mass is 32.2. The third kappa shape index (κ3) is 2.33. The zero-order valence-electron chi connectivity index (χ0n) is 8.11. The summed E-state index contributed by atoms with van der Waals surface area (Å²) in [6.07, 6.45) is 1.49. The number of hydrogen-bond acceptors (Lipinski definition) is 3. The SMILES string of the molecule is Cc1cc(CC#N)ccc1S(C)(=O)=O. The van der Waals surface area contributed by atoms with E-state index in [4.69, 9.17) is 5.26 Å². The fourth-order valence-corrected chi connectivity index (χ4v) is 2.29. The molecule has 0 spiro atoms. The Morgan fingerprint density at radius 2 is 2.07 bits per heavy atom. The summed E-state index contributed by atoms with van der Waals surface area (Å²) < 4.78 is 22.5. The van der Waals surface area contributed by atoms with E-state index in [0.717, 1.165) is 5.56 Å². The lowest BCUT2D eigenvalue weighted by Gasteiger charge is -2.04. The summed E-state index contributed by atoms with van der Waals surface area (Å²) in [7, 11) is -3.15. The first-order chi connectivity index (χ1) is 6.45. The van der Waals surface area contributed by atoms with E-state index in [-0.39, 0.29) is 0 Å². The molecule has 74 valence electrons. The van der Waals surface area contributed by atoms with Gasteiger partial charge in [0.1, 0.15) is 0 Å². The van der Waals surface area contributed by atoms with E-state index in [0.29, 0.717) is 16.9 Å². The lowest BCUT2D eigenvalue weighted by Crippen LogP contribution is -2.00. The fraction of sp³-hybridized carbons (Fsp3) is 0.300. The van der Waals surface area contributed by atoms with E-state index >= 15 is 0 Å². The first-order valence-corrected chi connectivity index (χ1v) is 6.01. The molecule has 0 radical (unpaired) electrons. The van der Waals surface area contributed by atoms with Gasteiger partial charge >= 0.3 is 0 Å². The van der Waals surface area contributed by atoms with Crippen molar-refractivity contribution < 1.29 is 8.42 Å². The molecule has 0 aliphatic heterocycles. The molecule has 3 nitrogen and oxygen atoms in total. The van der Waals surface area contributed by atoms with Crippen LogP contribution in [0.2, 0.25) is 0 Å². The van der Waals surface area contributed by atoms with Crippen LogP contribution in [0, 0.1) is 18.3 Å². The smallest absolute Gasteiger partial charge is 0.175 e. The summed E-state index contributed by atoms with van der Waals surface area (Å²) in [4.78, 5) is 0.333. The maximum atomic E-state index is 11.3. The van der Waals surface area contributed by atoms with Crippen LogP contribution in [0.1, 0.15) is 11.1 Å². The Hall–Kier alpha value is -1.34. The first kappa shape index (κ1) is 10.7. The van der Waals surface area contributed by atoms with Crippen LogP contribution < -0.4 is 0 Å². The van der Waals surface area contributed by atoms with Crippen molar-refractivity contribution >= 4 is 9.84 Å². The van der Waals surface area contributed by atoms with Crippen LogP contribution in [0.4, 0.5) is 0 Å². The maximum Gasteiger partial charge on any atom is 0.175 e. The summed E-state index contributed by atoms with van der Waals surface area (Å²) in [6.45, 7) is 1.73. The second kappa shape index (κ2) is 3.81. The molecule has 1 aromatic carbocycles. The molecule has 14 heavy (non-hydrogen) atoms. The van der Waals surface area contributed by atoms with Gasteiger partial charge in [-0.15, -0.1) is 0 Å². The van der Waals surface area contributed by atoms with Crippen LogP contribution in [-0.4, -0.2) is 14.7 Å². The third-order valence-corrected chi connectivity index (χ3v) is 3.18. The van der Waals surface area contributed by atoms with Crippen LogP contribution in [0.3, 0.4) is 0 Å². The number of sulfone groups is 1. The Kier molecular flexibility index (Phi) is 2.92. The molecular formula is C10H11NO2S. The van der Waals surface area contributed by atoms with Gasteiger partial charge in [-0.2, -0.15) is 5.26 Å². The predicted molar refractivity (Wildman–Crippen MR) is 53.6 cm³/mol. The number of benzene rings is 1. The Morgan fingerprint density at radius 1 is 1.43 bits per heavy atom. The number of nitrogens with zero attached hydrogens (tertiary/aromatic N) is 1. The van der Waals surface area contributed by atoms with E-state index in [2.05, 4.69) is 0 Å². The van der Waals surface area contributed by atoms with Gasteiger partial charge in [0.25, 0.3) is 0 Å². The Bertz CT molecular complexity index is 483. The molecule has 0 aliphatic rings. The third-order valence-electron chi connectivity index (χ3n) is 1.92. The Balaban J connectivity index is 3.23. The van der Waals surface area contributed by atoms with Crippen molar-refractivity contribution in [2.24, 2.45) is 0 Å². The van der Waals surface area contributed by atoms with Crippen LogP contribution in [0.25, 0.3) is 0 Å². The van der Waals surface area contributed by atoms with Crippen molar-refractivity contribution in [2.75, 3.05) is 6.26 Å². The van der Waals surface area contributed by atoms with Crippen LogP contribution in [0.15, 0.2) is 23.1 Å². The summed E-state index contributed by atoms with van der Waals surface area (Å²) in [6, 6.07) is 6.98. The van der Waals surface area contributed by atoms with Gasteiger partial charge in [-0.1, -0.05) is 12.1 Å². The van der Waals surface area contributed by atoms with Gasteiger partial charge in [0, 0.05) is 6.26 Å². The molecule has 0 saturated carbocycles. The van der Waals surface area contributed by atoms with Gasteiger partial charge in [-0.05, 0) is 24.1 Å². The van der Waals surface area contributed by atoms with Gasteiger partial charge in [0.05, 0.1) is 17.4 Å². The quantitative estimate of drug-likeness (QED) is 0.741. The number of nitriles is 1. The molecule has 0 unspecified atom stereocenters. The molecular weight excluding hydrogens is 198 g/mol. The molecule has 0 N–H and O–H groups in total. The second-order valence-electron chi connectivity index (χ2n) is 3.21. The maximum absolute atomic E-state index is 11.3. The molecule has 0 saturated heterocycles. The van der Waals surface area contributed by atoms with E-state index in [1.165, 1.54) is 6.26 Å². The largest absolute Gasteiger partial charge is 0.224 e. The number of aryl methyl sites for hydroxylation is 1. The zero-order chi connectivity index (χ0) is 10.8. The molecule has 0 aliphatic carbocycles. The van der Waals surface area contributed by atoms with Crippen LogP contribution >= 0.6 is 0 Å². The van der Waals surface area contributed by atoms with Gasteiger partial charge in [-0.3, -0.25) is 0 Å². The average molecular weight is 209 g/mol. The van der Waals surface area contributed by atoms with Crippen molar-refractivity contribution in [1.29, 1.82) is 5.26 Å². The molecule has 0 aromatic heterocycles. The minimum Gasteiger partial charge on any atom is -0.224 e. The minimum atomic E-state index is -3.15. The van der Waals surface area contributed by atoms with Gasteiger partial charge in [0.2, 0.25) is 0 Å². The van der Waals surface area contributed by atoms with Gasteiger partial charge in [0.15, 0.2) is 9.84 Å². The summed E-state index contributed by atoms with van der Waals surface area (Å²) in [5.74, 6) is 0. The lowest BCUT2D eigenvalue weighted by molar-refractivity contribution is 0.601. The van der Waals surface area contributed by atoms with Crippen LogP contribution in [-0.2, 0) is 16.3 Å². The molecule has 0 fully saturated rings. The normalized spacial score (nSPS) is 10.9. The standard InChI is InChI=1S/C10H11NO2S/c1-8-7-9(5-6-11)3-4-10(8)14(2,12)13/h3-4,7H,5H2,1-2H3. The highest BCUT2D eigenvalue weighted by Gasteiger charge is 2.10. The minimum absolute atomic E-state index is 0.310. The molecule has 0 bridgehead atoms. The Labute approximate surface area is 83.9 Å². The zero-order valence-corrected chi connectivity index (χ0v) is 8.93. The van der Waals surface area contributed by atoms with Crippen molar-refractivity contribution in [3.8, 4) is 6.07 Å². The van der Waals surface area contributed by atoms with E-state index in [1.807, 2.05) is 6.07 Å². The highest BCUT2D eigenvalue weighted by molar-refractivity contribution is 7.90. The summed E-state index contributed by atoms with van der Waals surface area (Å²) in [5, 5.41) is 8.47. The van der Waals surface area contributed by atoms with Crippen molar-refractivity contribution in [3.63, 3.8) is 0 Å². The molecule has 4 heteroatoms. The number of rotatable bonds is 2. The van der Waals surface area contributed by atoms with Crippen molar-refractivity contribution in [2.45, 2.75) is 18.2 Å². The molecule has 0 amide bonds. The van der Waals surface area contributed by atoms with Crippen molar-refractivity contribution in [1.82, 2.24) is 0 Å². The average Bonchev–Trinajstić information content (AvgIpc) is 2.02. The topological polar surface area (TPSA) is 57.9 Å². The predicted octanol–water partition coefficient (Wildman–Crippen LogP) is 1.46. The van der Waals surface area contributed by atoms with Crippen molar-refractivity contribution in [3.05, 3.63) is 29.3 Å². The molecule has 0 atom stereocenters. The van der Waals surface area contributed by atoms with Crippen LogP contribution in [0.5, 0.6) is 0 Å². The molecule has 1 aromatic rings. The second-order valence-corrected chi connectivity index (χ2v) is 5.19. The lowest BCUT2D eigenvalue weighted by atomic mass is 10.1. The molecule has 1 rings (SSSR count). The highest BCUT2D eigenvalue weighted by Crippen LogP contribution is 2.16. The summed E-state index contributed by atoms with van der Waals surface area (Å²) >= 11 is 0. The summed E-state index contributed by atoms with van der Waals surface area (Å²) in [5.41, 5.74) is 1.54. The van der Waals surface area contributed by atoms with E-state index in [1.54, 1.807) is 25.1 Å². The fourth-order valence-electron chi connectivity index (χ4n) is 1.33. The molecule has 0 heterocycles. The van der Waals surface area contributed by atoms with E-state index in [9.17, 15) is 8.42 Å². The first-order valence-electron chi connectivity index (χ1n) is 4.11. The van der Waals surface area contributed by atoms with E-state index < -0.39 is 9.84 Å².